The molecule has 0 bridgehead atoms. The van der Waals surface area contributed by atoms with E-state index in [9.17, 15) is 4.79 Å². The highest BCUT2D eigenvalue weighted by molar-refractivity contribution is 5.37. The maximum absolute atomic E-state index is 11.8. The van der Waals surface area contributed by atoms with E-state index in [4.69, 9.17) is 0 Å². The van der Waals surface area contributed by atoms with Gasteiger partial charge in [-0.3, -0.25) is 9.36 Å². The summed E-state index contributed by atoms with van der Waals surface area (Å²) in [5, 5.41) is 0. The van der Waals surface area contributed by atoms with Crippen LogP contribution in [0.5, 0.6) is 0 Å². The molecular formula is C16H19NO. The summed E-state index contributed by atoms with van der Waals surface area (Å²) in [7, 11) is 0. The van der Waals surface area contributed by atoms with Crippen molar-refractivity contribution in [2.75, 3.05) is 0 Å². The lowest BCUT2D eigenvalue weighted by molar-refractivity contribution is 0.590. The summed E-state index contributed by atoms with van der Waals surface area (Å²) < 4.78 is 1.68. The largest absolute Gasteiger partial charge is 0.284 e. The van der Waals surface area contributed by atoms with Gasteiger partial charge in [0, 0.05) is 18.0 Å². The maximum atomic E-state index is 11.8. The Hall–Kier alpha value is -1.83. The van der Waals surface area contributed by atoms with Crippen molar-refractivity contribution in [3.63, 3.8) is 0 Å². The molecule has 2 rings (SSSR count). The van der Waals surface area contributed by atoms with E-state index in [1.54, 1.807) is 10.6 Å². The predicted molar refractivity (Wildman–Crippen MR) is 75.5 cm³/mol. The third-order valence-electron chi connectivity index (χ3n) is 3.07. The van der Waals surface area contributed by atoms with Gasteiger partial charge in [-0.1, -0.05) is 39.0 Å². The van der Waals surface area contributed by atoms with Gasteiger partial charge in [0.05, 0.1) is 0 Å². The molecule has 1 aromatic carbocycles. The van der Waals surface area contributed by atoms with E-state index in [2.05, 4.69) is 32.9 Å². The number of benzene rings is 1. The normalized spacial score (nSPS) is 11.6. The average Bonchev–Trinajstić information content (AvgIpc) is 2.31. The lowest BCUT2D eigenvalue weighted by Crippen LogP contribution is -2.17. The quantitative estimate of drug-likeness (QED) is 0.749. The highest BCUT2D eigenvalue weighted by atomic mass is 16.1. The fourth-order valence-electron chi connectivity index (χ4n) is 1.92. The predicted octanol–water partition coefficient (Wildman–Crippen LogP) is 3.44. The van der Waals surface area contributed by atoms with Gasteiger partial charge >= 0.3 is 0 Å². The fraction of sp³-hybridized carbons (Fsp3) is 0.312. The summed E-state index contributed by atoms with van der Waals surface area (Å²) in [6.07, 6.45) is 1.87. The zero-order chi connectivity index (χ0) is 13.3. The van der Waals surface area contributed by atoms with Crippen molar-refractivity contribution in [2.45, 2.75) is 33.1 Å². The first-order chi connectivity index (χ1) is 8.38. The molecule has 0 amide bonds. The molecule has 1 heterocycles. The molecule has 0 spiro atoms. The molecule has 0 saturated heterocycles. The number of hydrogen-bond donors (Lipinski definition) is 0. The van der Waals surface area contributed by atoms with Crippen LogP contribution in [0, 0.1) is 6.92 Å². The van der Waals surface area contributed by atoms with E-state index in [1.807, 2.05) is 31.3 Å². The van der Waals surface area contributed by atoms with Crippen LogP contribution >= 0.6 is 0 Å². The second-order valence-corrected chi connectivity index (χ2v) is 5.71. The molecule has 0 aliphatic rings. The summed E-state index contributed by atoms with van der Waals surface area (Å²) in [4.78, 5) is 11.8. The Morgan fingerprint density at radius 2 is 1.56 bits per heavy atom. The van der Waals surface area contributed by atoms with Crippen LogP contribution in [0.3, 0.4) is 0 Å². The minimum Gasteiger partial charge on any atom is -0.284 e. The standard InChI is InChI=1S/C16H19NO/c1-12-5-10-15(18)17(11-12)14-8-6-13(7-9-14)16(2,3)4/h5-11H,1-4H3. The molecule has 1 aromatic heterocycles. The van der Waals surface area contributed by atoms with Crippen LogP contribution in [0.25, 0.3) is 5.69 Å². The fourth-order valence-corrected chi connectivity index (χ4v) is 1.92. The first-order valence-electron chi connectivity index (χ1n) is 6.18. The molecule has 0 N–H and O–H groups in total. The first-order valence-corrected chi connectivity index (χ1v) is 6.18. The Balaban J connectivity index is 2.47. The Kier molecular flexibility index (Phi) is 3.12. The van der Waals surface area contributed by atoms with Crippen LogP contribution in [-0.4, -0.2) is 4.57 Å². The Bertz CT molecular complexity index is 600. The molecule has 0 saturated carbocycles. The van der Waals surface area contributed by atoms with Gasteiger partial charge in [-0.25, -0.2) is 0 Å². The van der Waals surface area contributed by atoms with E-state index in [0.29, 0.717) is 0 Å². The van der Waals surface area contributed by atoms with Crippen LogP contribution < -0.4 is 5.56 Å². The molecule has 94 valence electrons. The SMILES string of the molecule is Cc1ccc(=O)n(-c2ccc(C(C)(C)C)cc2)c1. The molecule has 0 fully saturated rings. The topological polar surface area (TPSA) is 22.0 Å². The van der Waals surface area contributed by atoms with Gasteiger partial charge in [-0.2, -0.15) is 0 Å². The van der Waals surface area contributed by atoms with Gasteiger partial charge in [-0.15, -0.1) is 0 Å². The van der Waals surface area contributed by atoms with Gasteiger partial charge in [0.1, 0.15) is 0 Å². The zero-order valence-electron chi connectivity index (χ0n) is 11.4. The minimum atomic E-state index is 0.00380. The first kappa shape index (κ1) is 12.6. The number of aryl methyl sites for hydroxylation is 1. The van der Waals surface area contributed by atoms with Crippen LogP contribution in [0.15, 0.2) is 47.4 Å². The molecule has 2 heteroatoms. The summed E-state index contributed by atoms with van der Waals surface area (Å²) >= 11 is 0. The summed E-state index contributed by atoms with van der Waals surface area (Å²) in [5.74, 6) is 0. The Morgan fingerprint density at radius 1 is 0.944 bits per heavy atom. The molecule has 0 atom stereocenters. The number of nitrogens with zero attached hydrogens (tertiary/aromatic N) is 1. The lowest BCUT2D eigenvalue weighted by Gasteiger charge is -2.19. The van der Waals surface area contributed by atoms with Crippen molar-refractivity contribution in [3.05, 3.63) is 64.1 Å². The van der Waals surface area contributed by atoms with Gasteiger partial charge in [0.2, 0.25) is 0 Å². The van der Waals surface area contributed by atoms with Crippen molar-refractivity contribution in [3.8, 4) is 5.69 Å². The van der Waals surface area contributed by atoms with Crippen LogP contribution in [0.1, 0.15) is 31.9 Å². The van der Waals surface area contributed by atoms with Gasteiger partial charge in [0.25, 0.3) is 5.56 Å². The second-order valence-electron chi connectivity index (χ2n) is 5.71. The number of pyridine rings is 1. The summed E-state index contributed by atoms with van der Waals surface area (Å²) in [6, 6.07) is 11.6. The van der Waals surface area contributed by atoms with Crippen molar-refractivity contribution in [1.82, 2.24) is 4.57 Å². The number of rotatable bonds is 1. The van der Waals surface area contributed by atoms with Crippen molar-refractivity contribution >= 4 is 0 Å². The summed E-state index contributed by atoms with van der Waals surface area (Å²) in [6.45, 7) is 8.53. The molecule has 0 unspecified atom stereocenters. The smallest absolute Gasteiger partial charge is 0.255 e. The molecule has 0 aliphatic carbocycles. The third kappa shape index (κ3) is 2.53. The molecule has 18 heavy (non-hydrogen) atoms. The second kappa shape index (κ2) is 4.45. The van der Waals surface area contributed by atoms with Crippen LogP contribution in [0.4, 0.5) is 0 Å². The highest BCUT2D eigenvalue weighted by Gasteiger charge is 2.13. The lowest BCUT2D eigenvalue weighted by atomic mass is 9.87. The van der Waals surface area contributed by atoms with Gasteiger partial charge in [-0.05, 0) is 35.6 Å². The van der Waals surface area contributed by atoms with E-state index < -0.39 is 0 Å². The molecular weight excluding hydrogens is 222 g/mol. The van der Waals surface area contributed by atoms with Crippen LogP contribution in [-0.2, 0) is 5.41 Å². The summed E-state index contributed by atoms with van der Waals surface area (Å²) in [5.41, 5.74) is 3.40. The van der Waals surface area contributed by atoms with E-state index in [1.165, 1.54) is 5.56 Å². The Labute approximate surface area is 108 Å². The van der Waals surface area contributed by atoms with E-state index >= 15 is 0 Å². The van der Waals surface area contributed by atoms with E-state index in [0.717, 1.165) is 11.3 Å². The highest BCUT2D eigenvalue weighted by Crippen LogP contribution is 2.22. The molecule has 0 aliphatic heterocycles. The van der Waals surface area contributed by atoms with Crippen LogP contribution in [0.2, 0.25) is 0 Å². The maximum Gasteiger partial charge on any atom is 0.255 e. The third-order valence-corrected chi connectivity index (χ3v) is 3.07. The van der Waals surface area contributed by atoms with Crippen molar-refractivity contribution in [1.29, 1.82) is 0 Å². The van der Waals surface area contributed by atoms with Gasteiger partial charge < -0.3 is 0 Å². The van der Waals surface area contributed by atoms with E-state index in [-0.39, 0.29) is 11.0 Å². The zero-order valence-corrected chi connectivity index (χ0v) is 11.4. The number of hydrogen-bond acceptors (Lipinski definition) is 1. The van der Waals surface area contributed by atoms with Crippen molar-refractivity contribution < 1.29 is 0 Å². The monoisotopic (exact) mass is 241 g/mol. The molecule has 0 radical (unpaired) electrons. The minimum absolute atomic E-state index is 0.00380. The molecule has 2 aromatic rings. The van der Waals surface area contributed by atoms with Gasteiger partial charge in [0.15, 0.2) is 0 Å². The average molecular weight is 241 g/mol. The number of aromatic nitrogens is 1. The van der Waals surface area contributed by atoms with Crippen molar-refractivity contribution in [2.24, 2.45) is 0 Å². The Morgan fingerprint density at radius 3 is 2.11 bits per heavy atom. The molecule has 2 nitrogen and oxygen atoms in total.